The van der Waals surface area contributed by atoms with Crippen molar-refractivity contribution in [2.24, 2.45) is 0 Å². The van der Waals surface area contributed by atoms with Gasteiger partial charge in [0.15, 0.2) is 0 Å². The van der Waals surface area contributed by atoms with Crippen LogP contribution in [0.2, 0.25) is 0 Å². The van der Waals surface area contributed by atoms with E-state index in [9.17, 15) is 0 Å². The Hall–Kier alpha value is -1.53. The van der Waals surface area contributed by atoms with E-state index in [1.54, 1.807) is 0 Å². The lowest BCUT2D eigenvalue weighted by Crippen LogP contribution is -2.43. The minimum Gasteiger partial charge on any atom is -0.370 e. The van der Waals surface area contributed by atoms with Gasteiger partial charge >= 0.3 is 0 Å². The molecule has 1 aliphatic rings. The standard InChI is InChI=1S/C15H21N3/c1-2-18(12-14-7-3-4-9-17-14)15-8-5-6-13(10-15)11-16/h5-6,8,10,14,17H,2-4,7,9,12H2,1H3. The molecule has 0 aromatic heterocycles. The highest BCUT2D eigenvalue weighted by Gasteiger charge is 2.16. The average molecular weight is 243 g/mol. The molecule has 0 aliphatic carbocycles. The zero-order valence-corrected chi connectivity index (χ0v) is 11.0. The van der Waals surface area contributed by atoms with Gasteiger partial charge in [0.2, 0.25) is 0 Å². The van der Waals surface area contributed by atoms with Gasteiger partial charge in [-0.15, -0.1) is 0 Å². The Morgan fingerprint density at radius 1 is 1.44 bits per heavy atom. The normalized spacial score (nSPS) is 19.2. The van der Waals surface area contributed by atoms with Crippen molar-refractivity contribution >= 4 is 5.69 Å². The van der Waals surface area contributed by atoms with Crippen LogP contribution in [0.5, 0.6) is 0 Å². The van der Waals surface area contributed by atoms with Gasteiger partial charge in [0.25, 0.3) is 0 Å². The molecule has 96 valence electrons. The number of likely N-dealkylation sites (N-methyl/N-ethyl adjacent to an activating group) is 1. The number of benzene rings is 1. The summed E-state index contributed by atoms with van der Waals surface area (Å²) in [5.41, 5.74) is 1.89. The fraction of sp³-hybridized carbons (Fsp3) is 0.533. The number of anilines is 1. The molecule has 1 saturated heterocycles. The van der Waals surface area contributed by atoms with Gasteiger partial charge in [-0.05, 0) is 44.5 Å². The summed E-state index contributed by atoms with van der Waals surface area (Å²) in [6.07, 6.45) is 3.88. The van der Waals surface area contributed by atoms with Crippen LogP contribution in [0.25, 0.3) is 0 Å². The van der Waals surface area contributed by atoms with Crippen molar-refractivity contribution in [2.45, 2.75) is 32.2 Å². The maximum Gasteiger partial charge on any atom is 0.0992 e. The van der Waals surface area contributed by atoms with Gasteiger partial charge in [-0.2, -0.15) is 5.26 Å². The summed E-state index contributed by atoms with van der Waals surface area (Å²) in [5, 5.41) is 12.5. The zero-order valence-electron chi connectivity index (χ0n) is 11.0. The lowest BCUT2D eigenvalue weighted by Gasteiger charge is -2.31. The second-order valence-corrected chi connectivity index (χ2v) is 4.85. The molecule has 3 nitrogen and oxygen atoms in total. The molecule has 1 heterocycles. The Morgan fingerprint density at radius 2 is 2.33 bits per heavy atom. The quantitative estimate of drug-likeness (QED) is 0.883. The summed E-state index contributed by atoms with van der Waals surface area (Å²) in [6.45, 7) is 5.32. The molecule has 1 atom stereocenters. The number of hydrogen-bond donors (Lipinski definition) is 1. The summed E-state index contributed by atoms with van der Waals surface area (Å²) < 4.78 is 0. The van der Waals surface area contributed by atoms with Crippen molar-refractivity contribution < 1.29 is 0 Å². The van der Waals surface area contributed by atoms with E-state index in [1.165, 1.54) is 19.3 Å². The molecule has 1 aromatic rings. The molecular formula is C15H21N3. The van der Waals surface area contributed by atoms with E-state index in [4.69, 9.17) is 5.26 Å². The van der Waals surface area contributed by atoms with Gasteiger partial charge in [0.1, 0.15) is 0 Å². The summed E-state index contributed by atoms with van der Waals surface area (Å²) >= 11 is 0. The Bertz CT molecular complexity index is 416. The molecule has 0 bridgehead atoms. The van der Waals surface area contributed by atoms with Crippen molar-refractivity contribution in [3.8, 4) is 6.07 Å². The lowest BCUT2D eigenvalue weighted by molar-refractivity contribution is 0.400. The molecule has 0 spiro atoms. The van der Waals surface area contributed by atoms with Crippen molar-refractivity contribution in [3.63, 3.8) is 0 Å². The Labute approximate surface area is 109 Å². The number of nitrogens with zero attached hydrogens (tertiary/aromatic N) is 2. The third kappa shape index (κ3) is 3.24. The van der Waals surface area contributed by atoms with Crippen LogP contribution in [0.15, 0.2) is 24.3 Å². The topological polar surface area (TPSA) is 39.1 Å². The van der Waals surface area contributed by atoms with Crippen LogP contribution in [-0.4, -0.2) is 25.7 Å². The third-order valence-corrected chi connectivity index (χ3v) is 3.58. The number of rotatable bonds is 4. The molecule has 0 saturated carbocycles. The van der Waals surface area contributed by atoms with Crippen LogP contribution in [-0.2, 0) is 0 Å². The number of nitriles is 1. The fourth-order valence-corrected chi connectivity index (χ4v) is 2.54. The first-order valence-electron chi connectivity index (χ1n) is 6.82. The second kappa shape index (κ2) is 6.42. The second-order valence-electron chi connectivity index (χ2n) is 4.85. The Morgan fingerprint density at radius 3 is 3.00 bits per heavy atom. The average Bonchev–Trinajstić information content (AvgIpc) is 2.46. The summed E-state index contributed by atoms with van der Waals surface area (Å²) in [6, 6.07) is 10.7. The monoisotopic (exact) mass is 243 g/mol. The largest absolute Gasteiger partial charge is 0.370 e. The van der Waals surface area contributed by atoms with Gasteiger partial charge in [0, 0.05) is 24.8 Å². The maximum atomic E-state index is 8.96. The van der Waals surface area contributed by atoms with Gasteiger partial charge < -0.3 is 10.2 Å². The maximum absolute atomic E-state index is 8.96. The molecule has 18 heavy (non-hydrogen) atoms. The van der Waals surface area contributed by atoms with Gasteiger partial charge in [-0.25, -0.2) is 0 Å². The van der Waals surface area contributed by atoms with Crippen molar-refractivity contribution in [2.75, 3.05) is 24.5 Å². The van der Waals surface area contributed by atoms with E-state index in [1.807, 2.05) is 18.2 Å². The third-order valence-electron chi connectivity index (χ3n) is 3.58. The van der Waals surface area contributed by atoms with Gasteiger partial charge in [-0.1, -0.05) is 12.5 Å². The molecule has 1 aromatic carbocycles. The van der Waals surface area contributed by atoms with E-state index in [0.29, 0.717) is 6.04 Å². The number of hydrogen-bond acceptors (Lipinski definition) is 3. The Balaban J connectivity index is 2.05. The molecule has 2 rings (SSSR count). The number of nitrogens with one attached hydrogen (secondary N) is 1. The molecule has 0 radical (unpaired) electrons. The molecular weight excluding hydrogens is 222 g/mol. The SMILES string of the molecule is CCN(CC1CCCCN1)c1cccc(C#N)c1. The molecule has 1 unspecified atom stereocenters. The predicted molar refractivity (Wildman–Crippen MR) is 74.7 cm³/mol. The summed E-state index contributed by atoms with van der Waals surface area (Å²) in [5.74, 6) is 0. The summed E-state index contributed by atoms with van der Waals surface area (Å²) in [7, 11) is 0. The highest BCUT2D eigenvalue weighted by molar-refractivity contribution is 5.51. The van der Waals surface area contributed by atoms with Crippen molar-refractivity contribution in [1.82, 2.24) is 5.32 Å². The first-order valence-corrected chi connectivity index (χ1v) is 6.82. The first kappa shape index (κ1) is 12.9. The van der Waals surface area contributed by atoms with Crippen molar-refractivity contribution in [3.05, 3.63) is 29.8 Å². The van der Waals surface area contributed by atoms with Crippen LogP contribution >= 0.6 is 0 Å². The highest BCUT2D eigenvalue weighted by atomic mass is 15.2. The fourth-order valence-electron chi connectivity index (χ4n) is 2.54. The minimum atomic E-state index is 0.587. The van der Waals surface area contributed by atoms with E-state index >= 15 is 0 Å². The minimum absolute atomic E-state index is 0.587. The molecule has 1 N–H and O–H groups in total. The van der Waals surface area contributed by atoms with E-state index in [2.05, 4.69) is 29.3 Å². The molecule has 3 heteroatoms. The molecule has 0 amide bonds. The molecule has 1 aliphatic heterocycles. The van der Waals surface area contributed by atoms with Crippen LogP contribution in [0, 0.1) is 11.3 Å². The number of piperidine rings is 1. The zero-order chi connectivity index (χ0) is 12.8. The predicted octanol–water partition coefficient (Wildman–Crippen LogP) is 2.53. The highest BCUT2D eigenvalue weighted by Crippen LogP contribution is 2.18. The van der Waals surface area contributed by atoms with Gasteiger partial charge in [-0.3, -0.25) is 0 Å². The van der Waals surface area contributed by atoms with Crippen LogP contribution in [0.3, 0.4) is 0 Å². The van der Waals surface area contributed by atoms with Crippen LogP contribution in [0.1, 0.15) is 31.7 Å². The van der Waals surface area contributed by atoms with Crippen molar-refractivity contribution in [1.29, 1.82) is 5.26 Å². The van der Waals surface area contributed by atoms with E-state index in [-0.39, 0.29) is 0 Å². The lowest BCUT2D eigenvalue weighted by atomic mass is 10.0. The Kier molecular flexibility index (Phi) is 4.60. The van der Waals surface area contributed by atoms with E-state index in [0.717, 1.165) is 30.9 Å². The smallest absolute Gasteiger partial charge is 0.0992 e. The van der Waals surface area contributed by atoms with E-state index < -0.39 is 0 Å². The van der Waals surface area contributed by atoms with Crippen LogP contribution < -0.4 is 10.2 Å². The first-order chi connectivity index (χ1) is 8.83. The summed E-state index contributed by atoms with van der Waals surface area (Å²) in [4.78, 5) is 2.35. The van der Waals surface area contributed by atoms with Gasteiger partial charge in [0.05, 0.1) is 11.6 Å². The van der Waals surface area contributed by atoms with Crippen LogP contribution in [0.4, 0.5) is 5.69 Å². The molecule has 1 fully saturated rings.